The lowest BCUT2D eigenvalue weighted by molar-refractivity contribution is 0.142. The van der Waals surface area contributed by atoms with E-state index < -0.39 is 0 Å². The highest BCUT2D eigenvalue weighted by Gasteiger charge is 2.14. The van der Waals surface area contributed by atoms with Gasteiger partial charge in [-0.2, -0.15) is 16.3 Å². The van der Waals surface area contributed by atoms with Crippen molar-refractivity contribution < 1.29 is 9.63 Å². The van der Waals surface area contributed by atoms with Crippen LogP contribution in [-0.2, 0) is 6.54 Å². The van der Waals surface area contributed by atoms with E-state index in [9.17, 15) is 0 Å². The van der Waals surface area contributed by atoms with Crippen molar-refractivity contribution in [3.8, 4) is 11.4 Å². The minimum atomic E-state index is 0.0755. The van der Waals surface area contributed by atoms with E-state index in [1.807, 2.05) is 35.7 Å². The van der Waals surface area contributed by atoms with Crippen molar-refractivity contribution in [1.82, 2.24) is 15.0 Å². The van der Waals surface area contributed by atoms with Crippen LogP contribution < -0.4 is 0 Å². The van der Waals surface area contributed by atoms with Crippen molar-refractivity contribution in [2.45, 2.75) is 19.5 Å². The van der Waals surface area contributed by atoms with E-state index in [-0.39, 0.29) is 12.6 Å². The number of hydrogen-bond donors (Lipinski definition) is 1. The molecule has 0 fully saturated rings. The predicted octanol–water partition coefficient (Wildman–Crippen LogP) is 1.61. The van der Waals surface area contributed by atoms with Gasteiger partial charge in [-0.3, -0.25) is 4.90 Å². The molecule has 0 radical (unpaired) electrons. The van der Waals surface area contributed by atoms with E-state index in [0.29, 0.717) is 18.3 Å². The van der Waals surface area contributed by atoms with Crippen LogP contribution in [0.1, 0.15) is 12.8 Å². The topological polar surface area (TPSA) is 62.4 Å². The predicted molar refractivity (Wildman–Crippen MR) is 65.6 cm³/mol. The molecule has 0 saturated carbocycles. The normalized spacial score (nSPS) is 13.2. The average Bonchev–Trinajstić information content (AvgIpc) is 2.97. The van der Waals surface area contributed by atoms with Crippen LogP contribution in [0.4, 0.5) is 0 Å². The van der Waals surface area contributed by atoms with Crippen LogP contribution in [-0.4, -0.2) is 39.8 Å². The Morgan fingerprint density at radius 1 is 1.59 bits per heavy atom. The van der Waals surface area contributed by atoms with Gasteiger partial charge in [0.2, 0.25) is 11.7 Å². The van der Waals surface area contributed by atoms with Gasteiger partial charge >= 0.3 is 0 Å². The van der Waals surface area contributed by atoms with Gasteiger partial charge in [-0.25, -0.2) is 0 Å². The minimum Gasteiger partial charge on any atom is -0.395 e. The van der Waals surface area contributed by atoms with Gasteiger partial charge in [0.05, 0.1) is 13.2 Å². The highest BCUT2D eigenvalue weighted by Crippen LogP contribution is 2.19. The van der Waals surface area contributed by atoms with E-state index in [1.54, 1.807) is 11.3 Å². The molecule has 0 aliphatic carbocycles. The Morgan fingerprint density at radius 3 is 3.06 bits per heavy atom. The number of nitrogens with zero attached hydrogens (tertiary/aromatic N) is 3. The molecule has 92 valence electrons. The summed E-state index contributed by atoms with van der Waals surface area (Å²) in [5.41, 5.74) is 0.975. The largest absolute Gasteiger partial charge is 0.395 e. The lowest BCUT2D eigenvalue weighted by Gasteiger charge is -2.20. The van der Waals surface area contributed by atoms with Crippen LogP contribution >= 0.6 is 11.3 Å². The SMILES string of the molecule is CC(CO)N(C)Cc1nc(-c2ccsc2)no1. The smallest absolute Gasteiger partial charge is 0.241 e. The summed E-state index contributed by atoms with van der Waals surface area (Å²) in [7, 11) is 1.91. The van der Waals surface area contributed by atoms with Crippen molar-refractivity contribution in [1.29, 1.82) is 0 Å². The average molecular weight is 253 g/mol. The van der Waals surface area contributed by atoms with Crippen molar-refractivity contribution in [2.75, 3.05) is 13.7 Å². The van der Waals surface area contributed by atoms with E-state index in [4.69, 9.17) is 9.63 Å². The third-order valence-electron chi connectivity index (χ3n) is 2.65. The highest BCUT2D eigenvalue weighted by molar-refractivity contribution is 7.08. The summed E-state index contributed by atoms with van der Waals surface area (Å²) in [6, 6.07) is 2.03. The first-order valence-corrected chi connectivity index (χ1v) is 6.31. The standard InChI is InChI=1S/C11H15N3O2S/c1-8(6-15)14(2)5-10-12-11(13-16-10)9-3-4-17-7-9/h3-4,7-8,15H,5-6H2,1-2H3. The lowest BCUT2D eigenvalue weighted by atomic mass is 10.3. The molecular formula is C11H15N3O2S. The van der Waals surface area contributed by atoms with Gasteiger partial charge < -0.3 is 9.63 Å². The lowest BCUT2D eigenvalue weighted by Crippen LogP contribution is -2.31. The van der Waals surface area contributed by atoms with E-state index >= 15 is 0 Å². The van der Waals surface area contributed by atoms with Crippen LogP contribution in [0.5, 0.6) is 0 Å². The van der Waals surface area contributed by atoms with Crippen LogP contribution in [0.3, 0.4) is 0 Å². The Morgan fingerprint density at radius 2 is 2.41 bits per heavy atom. The molecule has 0 aliphatic heterocycles. The highest BCUT2D eigenvalue weighted by atomic mass is 32.1. The van der Waals surface area contributed by atoms with Gasteiger partial charge in [-0.1, -0.05) is 5.16 Å². The molecular weight excluding hydrogens is 238 g/mol. The molecule has 0 amide bonds. The second kappa shape index (κ2) is 5.39. The zero-order chi connectivity index (χ0) is 12.3. The number of rotatable bonds is 5. The Hall–Kier alpha value is -1.24. The quantitative estimate of drug-likeness (QED) is 0.877. The van der Waals surface area contributed by atoms with Crippen LogP contribution in [0.25, 0.3) is 11.4 Å². The van der Waals surface area contributed by atoms with Gasteiger partial charge in [0, 0.05) is 17.0 Å². The second-order valence-electron chi connectivity index (χ2n) is 3.97. The number of thiophene rings is 1. The molecule has 2 rings (SSSR count). The molecule has 5 nitrogen and oxygen atoms in total. The fraction of sp³-hybridized carbons (Fsp3) is 0.455. The molecule has 0 spiro atoms. The maximum atomic E-state index is 9.03. The van der Waals surface area contributed by atoms with Crippen LogP contribution in [0.15, 0.2) is 21.3 Å². The molecule has 0 saturated heterocycles. The van der Waals surface area contributed by atoms with Gasteiger partial charge in [-0.15, -0.1) is 0 Å². The molecule has 17 heavy (non-hydrogen) atoms. The van der Waals surface area contributed by atoms with E-state index in [0.717, 1.165) is 5.56 Å². The number of aliphatic hydroxyl groups excluding tert-OH is 1. The molecule has 2 heterocycles. The monoisotopic (exact) mass is 253 g/mol. The summed E-state index contributed by atoms with van der Waals surface area (Å²) in [6.45, 7) is 2.59. The van der Waals surface area contributed by atoms with Crippen molar-refractivity contribution in [3.05, 3.63) is 22.7 Å². The molecule has 1 unspecified atom stereocenters. The molecule has 0 bridgehead atoms. The summed E-state index contributed by atoms with van der Waals surface area (Å²) in [5, 5.41) is 16.9. The zero-order valence-electron chi connectivity index (χ0n) is 9.83. The van der Waals surface area contributed by atoms with Crippen molar-refractivity contribution in [3.63, 3.8) is 0 Å². The molecule has 2 aromatic rings. The summed E-state index contributed by atoms with van der Waals surface area (Å²) in [6.07, 6.45) is 0. The van der Waals surface area contributed by atoms with Crippen LogP contribution in [0.2, 0.25) is 0 Å². The maximum Gasteiger partial charge on any atom is 0.241 e. The molecule has 0 aliphatic rings. The summed E-state index contributed by atoms with van der Waals surface area (Å²) in [5.74, 6) is 1.18. The first-order chi connectivity index (χ1) is 8.20. The summed E-state index contributed by atoms with van der Waals surface area (Å²) < 4.78 is 5.17. The third kappa shape index (κ3) is 2.91. The molecule has 1 atom stereocenters. The Bertz CT molecular complexity index is 455. The van der Waals surface area contributed by atoms with E-state index in [1.165, 1.54) is 0 Å². The van der Waals surface area contributed by atoms with Gasteiger partial charge in [0.25, 0.3) is 0 Å². The van der Waals surface area contributed by atoms with Gasteiger partial charge in [-0.05, 0) is 25.4 Å². The van der Waals surface area contributed by atoms with E-state index in [2.05, 4.69) is 10.1 Å². The van der Waals surface area contributed by atoms with Crippen molar-refractivity contribution in [2.24, 2.45) is 0 Å². The Labute approximate surface area is 104 Å². The third-order valence-corrected chi connectivity index (χ3v) is 3.33. The Balaban J connectivity index is 2.04. The van der Waals surface area contributed by atoms with Crippen molar-refractivity contribution >= 4 is 11.3 Å². The minimum absolute atomic E-state index is 0.0755. The zero-order valence-corrected chi connectivity index (χ0v) is 10.6. The number of hydrogen-bond acceptors (Lipinski definition) is 6. The first-order valence-electron chi connectivity index (χ1n) is 5.37. The second-order valence-corrected chi connectivity index (χ2v) is 4.75. The number of aromatic nitrogens is 2. The molecule has 2 aromatic heterocycles. The van der Waals surface area contributed by atoms with Gasteiger partial charge in [0.15, 0.2) is 0 Å². The fourth-order valence-corrected chi connectivity index (χ4v) is 1.97. The maximum absolute atomic E-state index is 9.03. The number of aliphatic hydroxyl groups is 1. The Kier molecular flexibility index (Phi) is 3.88. The fourth-order valence-electron chi connectivity index (χ4n) is 1.34. The van der Waals surface area contributed by atoms with Gasteiger partial charge in [0.1, 0.15) is 0 Å². The molecule has 0 aromatic carbocycles. The van der Waals surface area contributed by atoms with Crippen LogP contribution in [0, 0.1) is 0 Å². The number of likely N-dealkylation sites (N-methyl/N-ethyl adjacent to an activating group) is 1. The summed E-state index contributed by atoms with van der Waals surface area (Å²) >= 11 is 1.60. The summed E-state index contributed by atoms with van der Waals surface area (Å²) in [4.78, 5) is 6.28. The molecule has 6 heteroatoms. The molecule has 1 N–H and O–H groups in total. The first kappa shape index (κ1) is 12.2.